The molecule has 4 nitrogen and oxygen atoms in total. The van der Waals surface area contributed by atoms with E-state index in [1.165, 1.54) is 17.0 Å². The first-order chi connectivity index (χ1) is 13.7. The molecule has 0 aliphatic carbocycles. The van der Waals surface area contributed by atoms with E-state index in [-0.39, 0.29) is 5.91 Å². The Kier molecular flexibility index (Phi) is 5.84. The first-order valence-corrected chi connectivity index (χ1v) is 10.6. The summed E-state index contributed by atoms with van der Waals surface area (Å²) in [5.41, 5.74) is 2.20. The second-order valence-electron chi connectivity index (χ2n) is 7.28. The summed E-state index contributed by atoms with van der Waals surface area (Å²) in [6.45, 7) is 1.55. The number of likely N-dealkylation sites (tertiary alicyclic amines) is 1. The topological polar surface area (TPSA) is 38.5 Å². The van der Waals surface area contributed by atoms with Crippen molar-refractivity contribution in [2.75, 3.05) is 18.4 Å². The van der Waals surface area contributed by atoms with Gasteiger partial charge in [-0.2, -0.15) is 0 Å². The lowest BCUT2D eigenvalue weighted by molar-refractivity contribution is -0.910. The number of anilines is 1. The van der Waals surface area contributed by atoms with Gasteiger partial charge in [0, 0.05) is 35.9 Å². The van der Waals surface area contributed by atoms with Crippen LogP contribution in [-0.2, 0) is 11.8 Å². The van der Waals surface area contributed by atoms with Crippen LogP contribution in [-0.4, -0.2) is 23.6 Å². The van der Waals surface area contributed by atoms with Crippen LogP contribution in [0.5, 0.6) is 0 Å². The molecule has 4 rings (SSSR count). The van der Waals surface area contributed by atoms with E-state index < -0.39 is 0 Å². The van der Waals surface area contributed by atoms with E-state index in [2.05, 4.69) is 53.5 Å². The maximum absolute atomic E-state index is 12.8. The number of quaternary nitrogens is 1. The Morgan fingerprint density at radius 2 is 1.89 bits per heavy atom. The van der Waals surface area contributed by atoms with Gasteiger partial charge in [-0.3, -0.25) is 4.79 Å². The van der Waals surface area contributed by atoms with Crippen molar-refractivity contribution in [3.05, 3.63) is 78.6 Å². The fourth-order valence-corrected chi connectivity index (χ4v) is 4.91. The molecule has 0 saturated carbocycles. The number of benzene rings is 2. The summed E-state index contributed by atoms with van der Waals surface area (Å²) in [5, 5.41) is 3.15. The van der Waals surface area contributed by atoms with E-state index in [0.717, 1.165) is 28.4 Å². The highest BCUT2D eigenvalue weighted by molar-refractivity contribution is 7.99. The van der Waals surface area contributed by atoms with Gasteiger partial charge in [-0.05, 0) is 36.4 Å². The van der Waals surface area contributed by atoms with Crippen LogP contribution >= 0.6 is 11.8 Å². The van der Waals surface area contributed by atoms with Crippen LogP contribution in [0.25, 0.3) is 0 Å². The third-order valence-corrected chi connectivity index (χ3v) is 6.43. The largest absolute Gasteiger partial charge is 0.350 e. The van der Waals surface area contributed by atoms with Crippen molar-refractivity contribution in [3.8, 4) is 0 Å². The van der Waals surface area contributed by atoms with Crippen LogP contribution < -0.4 is 10.2 Å². The molecular formula is C23H26N3OS+. The molecule has 0 bridgehead atoms. The van der Waals surface area contributed by atoms with Crippen LogP contribution in [0.1, 0.15) is 24.6 Å². The standard InChI is InChI=1S/C23H25N3OS/c1-25-15-7-12-20(25)21-13-8-16-26(21)17-23(27)24-19-11-5-6-14-22(19)28-18-9-3-2-4-10-18/h2-7,9-12,14-15,21H,8,13,16-17H2,1H3,(H,24,27)/p+1/t21-/m0/s1. The van der Waals surface area contributed by atoms with Crippen molar-refractivity contribution >= 4 is 23.4 Å². The highest BCUT2D eigenvalue weighted by Gasteiger charge is 2.33. The molecule has 28 heavy (non-hydrogen) atoms. The second-order valence-corrected chi connectivity index (χ2v) is 8.40. The van der Waals surface area contributed by atoms with Gasteiger partial charge in [-0.15, -0.1) is 0 Å². The quantitative estimate of drug-likeness (QED) is 0.674. The Morgan fingerprint density at radius 1 is 1.11 bits per heavy atom. The molecule has 0 spiro atoms. The maximum Gasteiger partial charge on any atom is 0.279 e. The lowest BCUT2D eigenvalue weighted by Crippen LogP contribution is -3.11. The number of aryl methyl sites for hydroxylation is 1. The minimum absolute atomic E-state index is 0.0808. The van der Waals surface area contributed by atoms with Gasteiger partial charge < -0.3 is 14.8 Å². The number of aromatic nitrogens is 1. The molecule has 1 aliphatic heterocycles. The zero-order valence-electron chi connectivity index (χ0n) is 16.1. The third-order valence-electron chi connectivity index (χ3n) is 5.34. The van der Waals surface area contributed by atoms with Gasteiger partial charge in [0.2, 0.25) is 0 Å². The van der Waals surface area contributed by atoms with E-state index >= 15 is 0 Å². The second kappa shape index (κ2) is 8.67. The number of amides is 1. The SMILES string of the molecule is Cn1cccc1[C@@H]1CCC[NH+]1CC(=O)Nc1ccccc1Sc1ccccc1. The predicted octanol–water partition coefficient (Wildman–Crippen LogP) is 3.53. The molecular weight excluding hydrogens is 366 g/mol. The van der Waals surface area contributed by atoms with Gasteiger partial charge in [0.1, 0.15) is 6.04 Å². The smallest absolute Gasteiger partial charge is 0.279 e. The van der Waals surface area contributed by atoms with Crippen molar-refractivity contribution in [3.63, 3.8) is 0 Å². The molecule has 2 atom stereocenters. The maximum atomic E-state index is 12.8. The van der Waals surface area contributed by atoms with Gasteiger partial charge in [0.05, 0.1) is 17.9 Å². The van der Waals surface area contributed by atoms with Crippen molar-refractivity contribution in [1.82, 2.24) is 4.57 Å². The fourth-order valence-electron chi connectivity index (χ4n) is 3.99. The zero-order valence-corrected chi connectivity index (χ0v) is 16.9. The minimum Gasteiger partial charge on any atom is -0.350 e. The number of rotatable bonds is 6. The zero-order chi connectivity index (χ0) is 19.3. The number of para-hydroxylation sites is 1. The van der Waals surface area contributed by atoms with Crippen molar-refractivity contribution in [1.29, 1.82) is 0 Å². The Balaban J connectivity index is 1.43. The van der Waals surface area contributed by atoms with Crippen LogP contribution in [0.4, 0.5) is 5.69 Å². The van der Waals surface area contributed by atoms with Gasteiger partial charge in [-0.1, -0.05) is 42.1 Å². The number of nitrogens with one attached hydrogen (secondary N) is 2. The number of hydrogen-bond donors (Lipinski definition) is 2. The molecule has 1 fully saturated rings. The fraction of sp³-hybridized carbons (Fsp3) is 0.261. The van der Waals surface area contributed by atoms with E-state index in [1.807, 2.05) is 36.4 Å². The third kappa shape index (κ3) is 4.32. The molecule has 3 aromatic rings. The van der Waals surface area contributed by atoms with Crippen LogP contribution in [0, 0.1) is 0 Å². The minimum atomic E-state index is 0.0808. The molecule has 1 aromatic heterocycles. The molecule has 2 heterocycles. The molecule has 144 valence electrons. The number of carbonyl (C=O) groups excluding carboxylic acids is 1. The summed E-state index contributed by atoms with van der Waals surface area (Å²) in [5.74, 6) is 0.0808. The Morgan fingerprint density at radius 3 is 2.68 bits per heavy atom. The van der Waals surface area contributed by atoms with Gasteiger partial charge >= 0.3 is 0 Å². The average molecular weight is 393 g/mol. The van der Waals surface area contributed by atoms with Crippen molar-refractivity contribution in [2.45, 2.75) is 28.7 Å². The monoisotopic (exact) mass is 392 g/mol. The van der Waals surface area contributed by atoms with E-state index in [9.17, 15) is 4.79 Å². The predicted molar refractivity (Wildman–Crippen MR) is 114 cm³/mol. The lowest BCUT2D eigenvalue weighted by Gasteiger charge is -2.22. The Bertz CT molecular complexity index is 938. The molecule has 1 saturated heterocycles. The lowest BCUT2D eigenvalue weighted by atomic mass is 10.1. The first-order valence-electron chi connectivity index (χ1n) is 9.78. The average Bonchev–Trinajstić information content (AvgIpc) is 3.32. The van der Waals surface area contributed by atoms with E-state index in [4.69, 9.17) is 0 Å². The van der Waals surface area contributed by atoms with Gasteiger partial charge in [-0.25, -0.2) is 0 Å². The molecule has 5 heteroatoms. The van der Waals surface area contributed by atoms with E-state index in [0.29, 0.717) is 12.6 Å². The Hall–Kier alpha value is -2.50. The first kappa shape index (κ1) is 18.8. The molecule has 1 amide bonds. The van der Waals surface area contributed by atoms with E-state index in [1.54, 1.807) is 11.8 Å². The number of hydrogen-bond acceptors (Lipinski definition) is 2. The van der Waals surface area contributed by atoms with Gasteiger partial charge in [0.15, 0.2) is 6.54 Å². The van der Waals surface area contributed by atoms with Crippen LogP contribution in [0.2, 0.25) is 0 Å². The summed E-state index contributed by atoms with van der Waals surface area (Å²) in [4.78, 5) is 16.4. The normalized spacial score (nSPS) is 18.9. The molecule has 0 radical (unpaired) electrons. The van der Waals surface area contributed by atoms with Crippen LogP contribution in [0.3, 0.4) is 0 Å². The van der Waals surface area contributed by atoms with Crippen molar-refractivity contribution < 1.29 is 9.69 Å². The van der Waals surface area contributed by atoms with Gasteiger partial charge in [0.25, 0.3) is 5.91 Å². The summed E-state index contributed by atoms with van der Waals surface area (Å²) >= 11 is 1.67. The molecule has 2 N–H and O–H groups in total. The van der Waals surface area contributed by atoms with Crippen LogP contribution in [0.15, 0.2) is 82.7 Å². The number of nitrogens with zero attached hydrogens (tertiary/aromatic N) is 1. The molecule has 1 unspecified atom stereocenters. The highest BCUT2D eigenvalue weighted by Crippen LogP contribution is 2.33. The van der Waals surface area contributed by atoms with Crippen molar-refractivity contribution in [2.24, 2.45) is 7.05 Å². The summed E-state index contributed by atoms with van der Waals surface area (Å²) in [7, 11) is 2.09. The highest BCUT2D eigenvalue weighted by atomic mass is 32.2. The molecule has 1 aliphatic rings. The molecule has 2 aromatic carbocycles. The summed E-state index contributed by atoms with van der Waals surface area (Å²) in [6.07, 6.45) is 4.39. The summed E-state index contributed by atoms with van der Waals surface area (Å²) < 4.78 is 2.18. The number of carbonyl (C=O) groups is 1. The Labute approximate surface area is 170 Å². The summed E-state index contributed by atoms with van der Waals surface area (Å²) in [6, 6.07) is 22.9.